The van der Waals surface area contributed by atoms with Crippen molar-refractivity contribution in [2.45, 2.75) is 90.4 Å². The summed E-state index contributed by atoms with van der Waals surface area (Å²) in [4.78, 5) is 15.6. The second-order valence-corrected chi connectivity index (χ2v) is 11.3. The molecule has 3 nitrogen and oxygen atoms in total. The molecule has 4 unspecified atom stereocenters. The van der Waals surface area contributed by atoms with Crippen LogP contribution in [0.2, 0.25) is 0 Å². The van der Waals surface area contributed by atoms with Gasteiger partial charge in [-0.25, -0.2) is 0 Å². The van der Waals surface area contributed by atoms with E-state index >= 15 is 0 Å². The van der Waals surface area contributed by atoms with Crippen molar-refractivity contribution >= 4 is 17.9 Å². The summed E-state index contributed by atoms with van der Waals surface area (Å²) in [6.45, 7) is 26.8. The number of amides is 1. The van der Waals surface area contributed by atoms with E-state index in [1.807, 2.05) is 11.9 Å². The van der Waals surface area contributed by atoms with Gasteiger partial charge in [0.1, 0.15) is 0 Å². The van der Waals surface area contributed by atoms with Crippen molar-refractivity contribution in [1.82, 2.24) is 9.21 Å². The first kappa shape index (κ1) is 22.5. The maximum Gasteiger partial charge on any atom is 0.231 e. The standard InChI is InChI=1S/C25H40N2OS/c1-10-24(8,11-2)26-16(5)19-14-20-17(6)27(29-25(9,12-3)13-4)18(7)21(20)15-22(19)23(26)28/h19-22H,5-7,10-15H2,1-4,8-9H3. The Morgan fingerprint density at radius 3 is 1.72 bits per heavy atom. The molecule has 29 heavy (non-hydrogen) atoms. The van der Waals surface area contributed by atoms with E-state index in [0.717, 1.165) is 49.9 Å². The van der Waals surface area contributed by atoms with E-state index in [4.69, 9.17) is 0 Å². The largest absolute Gasteiger partial charge is 0.310 e. The molecule has 0 N–H and O–H groups in total. The fourth-order valence-corrected chi connectivity index (χ4v) is 6.64. The Bertz CT molecular complexity index is 676. The third-order valence-corrected chi connectivity index (χ3v) is 10.2. The van der Waals surface area contributed by atoms with Gasteiger partial charge in [0.25, 0.3) is 0 Å². The van der Waals surface area contributed by atoms with E-state index in [2.05, 4.69) is 70.5 Å². The van der Waals surface area contributed by atoms with Gasteiger partial charge in [0, 0.05) is 51.0 Å². The van der Waals surface area contributed by atoms with Crippen LogP contribution in [0.3, 0.4) is 0 Å². The number of carbonyl (C=O) groups excluding carboxylic acids is 1. The molecule has 2 saturated heterocycles. The monoisotopic (exact) mass is 416 g/mol. The van der Waals surface area contributed by atoms with Crippen LogP contribution in [0.25, 0.3) is 0 Å². The predicted octanol–water partition coefficient (Wildman–Crippen LogP) is 6.75. The molecule has 162 valence electrons. The summed E-state index contributed by atoms with van der Waals surface area (Å²) in [5.74, 6) is 1.31. The normalized spacial score (nSPS) is 30.3. The molecule has 0 spiro atoms. The third kappa shape index (κ3) is 3.40. The first-order valence-corrected chi connectivity index (χ1v) is 12.2. The third-order valence-electron chi connectivity index (χ3n) is 8.49. The molecule has 3 rings (SSSR count). The van der Waals surface area contributed by atoms with Gasteiger partial charge < -0.3 is 4.90 Å². The molecule has 4 heteroatoms. The van der Waals surface area contributed by atoms with Gasteiger partial charge in [0.05, 0.1) is 0 Å². The number of allylic oxidation sites excluding steroid dienone is 3. The fourth-order valence-electron chi connectivity index (χ4n) is 5.44. The van der Waals surface area contributed by atoms with Crippen LogP contribution in [0.5, 0.6) is 0 Å². The lowest BCUT2D eigenvalue weighted by Crippen LogP contribution is -2.46. The molecule has 0 aromatic rings. The van der Waals surface area contributed by atoms with Gasteiger partial charge in [-0.15, -0.1) is 0 Å². The number of hydrogen-bond donors (Lipinski definition) is 0. The highest BCUT2D eigenvalue weighted by Crippen LogP contribution is 2.59. The molecular weight excluding hydrogens is 376 g/mol. The SMILES string of the molecule is C=C1C2CC3C(=C)N(C(C)(CC)CC)C(=O)C3CC2C(=C)N1SC(C)(CC)CC. The zero-order valence-electron chi connectivity index (χ0n) is 19.4. The van der Waals surface area contributed by atoms with Gasteiger partial charge in [-0.2, -0.15) is 0 Å². The molecule has 0 aromatic heterocycles. The van der Waals surface area contributed by atoms with Crippen molar-refractivity contribution in [3.8, 4) is 0 Å². The number of nitrogens with zero attached hydrogens (tertiary/aromatic N) is 2. The molecule has 0 aromatic carbocycles. The Hall–Kier alpha value is -1.16. The van der Waals surface area contributed by atoms with Gasteiger partial charge in [-0.05, 0) is 64.3 Å². The van der Waals surface area contributed by atoms with Crippen molar-refractivity contribution in [3.63, 3.8) is 0 Å². The van der Waals surface area contributed by atoms with Gasteiger partial charge in [-0.3, -0.25) is 9.10 Å². The summed E-state index contributed by atoms with van der Waals surface area (Å²) in [6, 6.07) is 0. The molecule has 3 fully saturated rings. The van der Waals surface area contributed by atoms with Crippen LogP contribution in [-0.2, 0) is 4.79 Å². The molecule has 2 heterocycles. The molecule has 3 aliphatic rings. The van der Waals surface area contributed by atoms with E-state index in [-0.39, 0.29) is 22.1 Å². The summed E-state index contributed by atoms with van der Waals surface area (Å²) in [5.41, 5.74) is 3.26. The van der Waals surface area contributed by atoms with Crippen molar-refractivity contribution in [3.05, 3.63) is 36.8 Å². The fraction of sp³-hybridized carbons (Fsp3) is 0.720. The lowest BCUT2D eigenvalue weighted by atomic mass is 9.69. The van der Waals surface area contributed by atoms with Crippen LogP contribution in [0, 0.1) is 23.7 Å². The summed E-state index contributed by atoms with van der Waals surface area (Å²) < 4.78 is 2.51. The molecule has 4 atom stereocenters. The molecule has 1 aliphatic carbocycles. The number of hydrogen-bond acceptors (Lipinski definition) is 3. The number of fused-ring (bicyclic) bond motifs is 2. The summed E-state index contributed by atoms with van der Waals surface area (Å²) >= 11 is 1.90. The summed E-state index contributed by atoms with van der Waals surface area (Å²) in [5, 5.41) is 0. The molecular formula is C25H40N2OS. The molecule has 1 amide bonds. The minimum Gasteiger partial charge on any atom is -0.310 e. The van der Waals surface area contributed by atoms with E-state index in [1.165, 1.54) is 5.70 Å². The van der Waals surface area contributed by atoms with E-state index in [9.17, 15) is 4.79 Å². The summed E-state index contributed by atoms with van der Waals surface area (Å²) in [7, 11) is 0. The number of rotatable bonds is 7. The highest BCUT2D eigenvalue weighted by molar-refractivity contribution is 7.98. The minimum absolute atomic E-state index is 0.0550. The van der Waals surface area contributed by atoms with Gasteiger partial charge >= 0.3 is 0 Å². The Kier molecular flexibility index (Phi) is 6.08. The highest BCUT2D eigenvalue weighted by atomic mass is 32.2. The van der Waals surface area contributed by atoms with E-state index < -0.39 is 0 Å². The first-order chi connectivity index (χ1) is 13.6. The van der Waals surface area contributed by atoms with Crippen molar-refractivity contribution < 1.29 is 4.79 Å². The zero-order chi connectivity index (χ0) is 21.7. The second-order valence-electron chi connectivity index (χ2n) is 9.79. The van der Waals surface area contributed by atoms with Gasteiger partial charge in [0.15, 0.2) is 0 Å². The van der Waals surface area contributed by atoms with Crippen LogP contribution < -0.4 is 0 Å². The van der Waals surface area contributed by atoms with Crippen LogP contribution in [-0.4, -0.2) is 25.4 Å². The Balaban J connectivity index is 1.85. The van der Waals surface area contributed by atoms with Crippen LogP contribution in [0.4, 0.5) is 0 Å². The summed E-state index contributed by atoms with van der Waals surface area (Å²) in [6.07, 6.45) is 6.00. The Labute approximate surface area is 182 Å². The molecule has 1 saturated carbocycles. The maximum atomic E-state index is 13.5. The second kappa shape index (κ2) is 7.83. The van der Waals surface area contributed by atoms with Crippen LogP contribution in [0.1, 0.15) is 80.1 Å². The Morgan fingerprint density at radius 2 is 1.28 bits per heavy atom. The smallest absolute Gasteiger partial charge is 0.231 e. The average molecular weight is 417 g/mol. The van der Waals surface area contributed by atoms with Crippen LogP contribution in [0.15, 0.2) is 36.8 Å². The van der Waals surface area contributed by atoms with Gasteiger partial charge in [-0.1, -0.05) is 47.4 Å². The van der Waals surface area contributed by atoms with Crippen LogP contribution >= 0.6 is 11.9 Å². The lowest BCUT2D eigenvalue weighted by Gasteiger charge is -2.39. The quantitative estimate of drug-likeness (QED) is 0.429. The highest BCUT2D eigenvalue weighted by Gasteiger charge is 2.56. The van der Waals surface area contributed by atoms with Crippen molar-refractivity contribution in [1.29, 1.82) is 0 Å². The number of likely N-dealkylation sites (tertiary alicyclic amines) is 1. The average Bonchev–Trinajstić information content (AvgIpc) is 3.11. The minimum atomic E-state index is -0.124. The lowest BCUT2D eigenvalue weighted by molar-refractivity contribution is -0.136. The van der Waals surface area contributed by atoms with Crippen molar-refractivity contribution in [2.75, 3.05) is 0 Å². The number of carbonyl (C=O) groups is 1. The van der Waals surface area contributed by atoms with Crippen molar-refractivity contribution in [2.24, 2.45) is 23.7 Å². The zero-order valence-corrected chi connectivity index (χ0v) is 20.2. The van der Waals surface area contributed by atoms with E-state index in [0.29, 0.717) is 17.7 Å². The predicted molar refractivity (Wildman–Crippen MR) is 125 cm³/mol. The topological polar surface area (TPSA) is 23.6 Å². The molecule has 0 radical (unpaired) electrons. The Morgan fingerprint density at radius 1 is 0.828 bits per heavy atom. The molecule has 2 aliphatic heterocycles. The van der Waals surface area contributed by atoms with Gasteiger partial charge in [0.2, 0.25) is 5.91 Å². The maximum absolute atomic E-state index is 13.5. The first-order valence-electron chi connectivity index (χ1n) is 11.5. The molecule has 0 bridgehead atoms. The van der Waals surface area contributed by atoms with E-state index in [1.54, 1.807) is 0 Å².